The Balaban J connectivity index is 2.45. The van der Waals surface area contributed by atoms with Gasteiger partial charge in [0.25, 0.3) is 0 Å². The van der Waals surface area contributed by atoms with Gasteiger partial charge < -0.3 is 19.5 Å². The molecule has 1 aliphatic rings. The van der Waals surface area contributed by atoms with Gasteiger partial charge in [-0.05, 0) is 36.5 Å². The van der Waals surface area contributed by atoms with Crippen molar-refractivity contribution in [3.8, 4) is 11.5 Å². The summed E-state index contributed by atoms with van der Waals surface area (Å²) in [7, 11) is 1.45. The summed E-state index contributed by atoms with van der Waals surface area (Å²) < 4.78 is 10.4. The summed E-state index contributed by atoms with van der Waals surface area (Å²) >= 11 is 0. The summed E-state index contributed by atoms with van der Waals surface area (Å²) in [5.41, 5.74) is 1.44. The number of hydrogen-bond donors (Lipinski definition) is 2. The maximum Gasteiger partial charge on any atom is 0.496 e. The van der Waals surface area contributed by atoms with Gasteiger partial charge in [-0.1, -0.05) is 6.42 Å². The second-order valence-electron chi connectivity index (χ2n) is 4.34. The van der Waals surface area contributed by atoms with Gasteiger partial charge >= 0.3 is 7.12 Å². The number of hydrogen-bond acceptors (Lipinski definition) is 4. The molecule has 1 aromatic carbocycles. The lowest BCUT2D eigenvalue weighted by Crippen LogP contribution is -2.33. The molecule has 0 radical (unpaired) electrons. The second-order valence-corrected chi connectivity index (χ2v) is 4.34. The Labute approximate surface area is 101 Å². The van der Waals surface area contributed by atoms with Gasteiger partial charge in [-0.25, -0.2) is 0 Å². The molecule has 1 aliphatic carbocycles. The number of rotatable bonds is 4. The molecule has 0 amide bonds. The minimum absolute atomic E-state index is 0.290. The Kier molecular flexibility index (Phi) is 3.59. The summed E-state index contributed by atoms with van der Waals surface area (Å²) in [5, 5.41) is 18.7. The monoisotopic (exact) mass is 236 g/mol. The standard InChI is InChI=1S/C12H17BO4/c1-16-10-6-9(8-4-3-5-8)7-11(17-2)12(10)13(14)15/h6-8,14-15H,3-5H2,1-2H3. The van der Waals surface area contributed by atoms with Crippen LogP contribution in [0.1, 0.15) is 30.7 Å². The summed E-state index contributed by atoms with van der Waals surface area (Å²) in [5.74, 6) is 1.49. The topological polar surface area (TPSA) is 58.9 Å². The van der Waals surface area contributed by atoms with Gasteiger partial charge in [0.1, 0.15) is 11.5 Å². The third-order valence-corrected chi connectivity index (χ3v) is 3.40. The van der Waals surface area contributed by atoms with E-state index < -0.39 is 7.12 Å². The fraction of sp³-hybridized carbons (Fsp3) is 0.500. The number of benzene rings is 1. The molecule has 0 aliphatic heterocycles. The molecular weight excluding hydrogens is 219 g/mol. The molecule has 1 aromatic rings. The highest BCUT2D eigenvalue weighted by Crippen LogP contribution is 2.38. The first-order chi connectivity index (χ1) is 8.17. The molecule has 0 bridgehead atoms. The first-order valence-corrected chi connectivity index (χ1v) is 5.79. The molecule has 4 nitrogen and oxygen atoms in total. The lowest BCUT2D eigenvalue weighted by molar-refractivity contribution is 0.378. The number of methoxy groups -OCH3 is 2. The zero-order chi connectivity index (χ0) is 12.4. The van der Waals surface area contributed by atoms with Crippen LogP contribution < -0.4 is 14.9 Å². The molecule has 5 heteroatoms. The molecule has 0 saturated heterocycles. The Morgan fingerprint density at radius 2 is 1.65 bits per heavy atom. The van der Waals surface area contributed by atoms with E-state index in [1.807, 2.05) is 12.1 Å². The molecule has 0 aromatic heterocycles. The number of ether oxygens (including phenoxy) is 2. The van der Waals surface area contributed by atoms with Crippen molar-refractivity contribution in [2.75, 3.05) is 14.2 Å². The van der Waals surface area contributed by atoms with Crippen molar-refractivity contribution in [2.45, 2.75) is 25.2 Å². The van der Waals surface area contributed by atoms with Crippen molar-refractivity contribution < 1.29 is 19.5 Å². The van der Waals surface area contributed by atoms with E-state index in [0.717, 1.165) is 5.56 Å². The maximum absolute atomic E-state index is 9.34. The van der Waals surface area contributed by atoms with Crippen LogP contribution in [0.15, 0.2) is 12.1 Å². The fourth-order valence-corrected chi connectivity index (χ4v) is 2.19. The average molecular weight is 236 g/mol. The minimum atomic E-state index is -1.59. The predicted molar refractivity (Wildman–Crippen MR) is 66.0 cm³/mol. The van der Waals surface area contributed by atoms with Gasteiger partial charge in [0.05, 0.1) is 19.7 Å². The molecule has 2 N–H and O–H groups in total. The quantitative estimate of drug-likeness (QED) is 0.753. The van der Waals surface area contributed by atoms with Crippen molar-refractivity contribution in [1.82, 2.24) is 0 Å². The smallest absolute Gasteiger partial charge is 0.496 e. The highest BCUT2D eigenvalue weighted by molar-refractivity contribution is 6.61. The van der Waals surface area contributed by atoms with E-state index in [1.165, 1.54) is 33.5 Å². The summed E-state index contributed by atoms with van der Waals surface area (Å²) in [6.45, 7) is 0. The van der Waals surface area contributed by atoms with E-state index in [2.05, 4.69) is 0 Å². The second kappa shape index (κ2) is 4.98. The normalized spacial score (nSPS) is 15.3. The highest BCUT2D eigenvalue weighted by Gasteiger charge is 2.27. The Hall–Kier alpha value is -1.20. The first-order valence-electron chi connectivity index (χ1n) is 5.79. The zero-order valence-corrected chi connectivity index (χ0v) is 10.1. The van der Waals surface area contributed by atoms with Crippen LogP contribution >= 0.6 is 0 Å². The molecule has 92 valence electrons. The maximum atomic E-state index is 9.34. The largest absolute Gasteiger partial charge is 0.497 e. The van der Waals surface area contributed by atoms with Crippen molar-refractivity contribution in [2.24, 2.45) is 0 Å². The lowest BCUT2D eigenvalue weighted by atomic mass is 9.74. The van der Waals surface area contributed by atoms with Crippen LogP contribution in [0.5, 0.6) is 11.5 Å². The van der Waals surface area contributed by atoms with Gasteiger partial charge in [-0.3, -0.25) is 0 Å². The van der Waals surface area contributed by atoms with Crippen LogP contribution in [-0.2, 0) is 0 Å². The van der Waals surface area contributed by atoms with Crippen molar-refractivity contribution >= 4 is 12.6 Å². The molecule has 0 atom stereocenters. The zero-order valence-electron chi connectivity index (χ0n) is 10.1. The van der Waals surface area contributed by atoms with Gasteiger partial charge in [-0.15, -0.1) is 0 Å². The summed E-state index contributed by atoms with van der Waals surface area (Å²) in [6, 6.07) is 3.75. The van der Waals surface area contributed by atoms with Crippen LogP contribution in [0.4, 0.5) is 0 Å². The van der Waals surface area contributed by atoms with Gasteiger partial charge in [0, 0.05) is 0 Å². The molecule has 1 saturated carbocycles. The van der Waals surface area contributed by atoms with E-state index in [1.54, 1.807) is 0 Å². The molecular formula is C12H17BO4. The van der Waals surface area contributed by atoms with Gasteiger partial charge in [0.2, 0.25) is 0 Å². The molecule has 0 heterocycles. The van der Waals surface area contributed by atoms with Gasteiger partial charge in [-0.2, -0.15) is 0 Å². The molecule has 0 unspecified atom stereocenters. The molecule has 0 spiro atoms. The Morgan fingerprint density at radius 3 is 1.94 bits per heavy atom. The van der Waals surface area contributed by atoms with E-state index in [9.17, 15) is 10.0 Å². The molecule has 2 rings (SSSR count). The predicted octanol–water partition coefficient (Wildman–Crippen LogP) is 0.651. The summed E-state index contributed by atoms with van der Waals surface area (Å²) in [6.07, 6.45) is 3.60. The van der Waals surface area contributed by atoms with Crippen LogP contribution in [-0.4, -0.2) is 31.4 Å². The van der Waals surface area contributed by atoms with E-state index in [-0.39, 0.29) is 5.46 Å². The van der Waals surface area contributed by atoms with Crippen LogP contribution in [0.3, 0.4) is 0 Å². The van der Waals surface area contributed by atoms with E-state index >= 15 is 0 Å². The first kappa shape index (κ1) is 12.3. The Bertz CT molecular complexity index is 376. The third kappa shape index (κ3) is 2.26. The van der Waals surface area contributed by atoms with E-state index in [4.69, 9.17) is 9.47 Å². The average Bonchev–Trinajstić information content (AvgIpc) is 2.24. The Morgan fingerprint density at radius 1 is 1.12 bits per heavy atom. The van der Waals surface area contributed by atoms with Crippen LogP contribution in [0, 0.1) is 0 Å². The molecule has 1 fully saturated rings. The van der Waals surface area contributed by atoms with Crippen molar-refractivity contribution in [1.29, 1.82) is 0 Å². The van der Waals surface area contributed by atoms with Crippen molar-refractivity contribution in [3.05, 3.63) is 17.7 Å². The highest BCUT2D eigenvalue weighted by atomic mass is 16.5. The van der Waals surface area contributed by atoms with E-state index in [0.29, 0.717) is 17.4 Å². The minimum Gasteiger partial charge on any atom is -0.497 e. The van der Waals surface area contributed by atoms with Crippen molar-refractivity contribution in [3.63, 3.8) is 0 Å². The SMILES string of the molecule is COc1cc(C2CCC2)cc(OC)c1B(O)O. The molecule has 17 heavy (non-hydrogen) atoms. The third-order valence-electron chi connectivity index (χ3n) is 3.40. The summed E-state index contributed by atoms with van der Waals surface area (Å²) in [4.78, 5) is 0. The van der Waals surface area contributed by atoms with Crippen LogP contribution in [0.25, 0.3) is 0 Å². The van der Waals surface area contributed by atoms with Gasteiger partial charge in [0.15, 0.2) is 0 Å². The lowest BCUT2D eigenvalue weighted by Gasteiger charge is -2.27. The van der Waals surface area contributed by atoms with Crippen LogP contribution in [0.2, 0.25) is 0 Å². The fourth-order valence-electron chi connectivity index (χ4n) is 2.19.